The first-order valence-electron chi connectivity index (χ1n) is 4.39. The highest BCUT2D eigenvalue weighted by atomic mass is 19.1. The van der Waals surface area contributed by atoms with E-state index in [1.165, 1.54) is 12.5 Å². The van der Waals surface area contributed by atoms with Crippen LogP contribution in [-0.2, 0) is 0 Å². The van der Waals surface area contributed by atoms with Crippen LogP contribution in [0.3, 0.4) is 0 Å². The molecule has 0 atom stereocenters. The van der Waals surface area contributed by atoms with Crippen molar-refractivity contribution in [2.24, 2.45) is 0 Å². The number of benzene rings is 1. The van der Waals surface area contributed by atoms with Crippen molar-refractivity contribution in [2.75, 3.05) is 6.67 Å². The first kappa shape index (κ1) is 13.7. The molecular weight excluding hydrogens is 151 g/mol. The van der Waals surface area contributed by atoms with Gasteiger partial charge >= 0.3 is 0 Å². The van der Waals surface area contributed by atoms with Gasteiger partial charge in [0.25, 0.3) is 0 Å². The van der Waals surface area contributed by atoms with Gasteiger partial charge in [-0.3, -0.25) is 4.39 Å². The van der Waals surface area contributed by atoms with Crippen LogP contribution in [0.5, 0.6) is 0 Å². The van der Waals surface area contributed by atoms with E-state index in [1.54, 1.807) is 0 Å². The topological polar surface area (TPSA) is 0 Å². The quantitative estimate of drug-likeness (QED) is 0.552. The zero-order valence-electron chi connectivity index (χ0n) is 8.47. The molecule has 1 heteroatoms. The van der Waals surface area contributed by atoms with E-state index in [-0.39, 0.29) is 6.67 Å². The molecule has 0 aliphatic carbocycles. The molecule has 70 valence electrons. The Labute approximate surface area is 75.4 Å². The molecule has 0 aliphatic heterocycles. The SMILES string of the molecule is CC.CCF.Cc1ccccc1. The number of aryl methyl sites for hydroxylation is 1. The predicted octanol–water partition coefficient (Wildman–Crippen LogP) is 4.00. The third kappa shape index (κ3) is 11.9. The zero-order valence-corrected chi connectivity index (χ0v) is 8.47. The maximum Gasteiger partial charge on any atom is 0.0866 e. The Hall–Kier alpha value is -0.850. The van der Waals surface area contributed by atoms with Crippen LogP contribution >= 0.6 is 0 Å². The van der Waals surface area contributed by atoms with E-state index in [0.29, 0.717) is 0 Å². The van der Waals surface area contributed by atoms with Crippen molar-refractivity contribution in [3.05, 3.63) is 35.9 Å². The van der Waals surface area contributed by atoms with Crippen molar-refractivity contribution < 1.29 is 4.39 Å². The van der Waals surface area contributed by atoms with Crippen molar-refractivity contribution in [3.8, 4) is 0 Å². The molecule has 1 rings (SSSR count). The molecule has 12 heavy (non-hydrogen) atoms. The molecule has 0 radical (unpaired) electrons. The van der Waals surface area contributed by atoms with Gasteiger partial charge in [-0.05, 0) is 13.8 Å². The molecule has 0 N–H and O–H groups in total. The first-order valence-corrected chi connectivity index (χ1v) is 4.39. The second-order valence-corrected chi connectivity index (χ2v) is 1.92. The van der Waals surface area contributed by atoms with E-state index in [9.17, 15) is 4.39 Å². The molecule has 0 spiro atoms. The fraction of sp³-hybridized carbons (Fsp3) is 0.455. The van der Waals surface area contributed by atoms with Crippen LogP contribution in [-0.4, -0.2) is 6.67 Å². The van der Waals surface area contributed by atoms with E-state index >= 15 is 0 Å². The van der Waals surface area contributed by atoms with Gasteiger partial charge in [0.1, 0.15) is 0 Å². The number of alkyl halides is 1. The summed E-state index contributed by atoms with van der Waals surface area (Å²) in [7, 11) is 0. The highest BCUT2D eigenvalue weighted by molar-refractivity contribution is 5.11. The monoisotopic (exact) mass is 170 g/mol. The fourth-order valence-electron chi connectivity index (χ4n) is 0.534. The molecule has 0 aliphatic rings. The van der Waals surface area contributed by atoms with Crippen LogP contribution in [0.1, 0.15) is 26.3 Å². The van der Waals surface area contributed by atoms with Gasteiger partial charge in [0.2, 0.25) is 0 Å². The second kappa shape index (κ2) is 12.8. The van der Waals surface area contributed by atoms with Gasteiger partial charge in [0, 0.05) is 0 Å². The van der Waals surface area contributed by atoms with Gasteiger partial charge in [0.05, 0.1) is 6.67 Å². The van der Waals surface area contributed by atoms with Crippen LogP contribution in [0.2, 0.25) is 0 Å². The lowest BCUT2D eigenvalue weighted by molar-refractivity contribution is 0.527. The average Bonchev–Trinajstić information content (AvgIpc) is 2.11. The summed E-state index contributed by atoms with van der Waals surface area (Å²) in [6, 6.07) is 10.3. The molecule has 0 aromatic heterocycles. The largest absolute Gasteiger partial charge is 0.251 e. The summed E-state index contributed by atoms with van der Waals surface area (Å²) >= 11 is 0. The summed E-state index contributed by atoms with van der Waals surface area (Å²) in [5.74, 6) is 0. The van der Waals surface area contributed by atoms with E-state index in [1.807, 2.05) is 32.0 Å². The molecule has 1 aromatic carbocycles. The Balaban J connectivity index is 0. The van der Waals surface area contributed by atoms with E-state index < -0.39 is 0 Å². The van der Waals surface area contributed by atoms with Gasteiger partial charge in [-0.25, -0.2) is 0 Å². The summed E-state index contributed by atoms with van der Waals surface area (Å²) in [5, 5.41) is 0. The van der Waals surface area contributed by atoms with Crippen molar-refractivity contribution in [3.63, 3.8) is 0 Å². The van der Waals surface area contributed by atoms with Crippen LogP contribution in [0.15, 0.2) is 30.3 Å². The minimum atomic E-state index is -0.250. The lowest BCUT2D eigenvalue weighted by atomic mass is 10.2. The predicted molar refractivity (Wildman–Crippen MR) is 54.2 cm³/mol. The van der Waals surface area contributed by atoms with Gasteiger partial charge in [-0.1, -0.05) is 49.7 Å². The van der Waals surface area contributed by atoms with Crippen molar-refractivity contribution in [1.82, 2.24) is 0 Å². The Morgan fingerprint density at radius 3 is 1.58 bits per heavy atom. The van der Waals surface area contributed by atoms with E-state index in [2.05, 4.69) is 19.1 Å². The normalized spacial score (nSPS) is 7.08. The molecule has 0 fully saturated rings. The molecular formula is C11H19F. The highest BCUT2D eigenvalue weighted by Crippen LogP contribution is 1.92. The van der Waals surface area contributed by atoms with Crippen LogP contribution in [0, 0.1) is 6.92 Å². The number of halogens is 1. The van der Waals surface area contributed by atoms with Crippen molar-refractivity contribution in [2.45, 2.75) is 27.7 Å². The minimum absolute atomic E-state index is 0.250. The molecule has 0 bridgehead atoms. The summed E-state index contributed by atoms with van der Waals surface area (Å²) in [6.45, 7) is 7.29. The molecule has 1 aromatic rings. The van der Waals surface area contributed by atoms with Crippen LogP contribution < -0.4 is 0 Å². The number of hydrogen-bond acceptors (Lipinski definition) is 0. The van der Waals surface area contributed by atoms with Crippen molar-refractivity contribution >= 4 is 0 Å². The number of hydrogen-bond donors (Lipinski definition) is 0. The first-order chi connectivity index (χ1) is 5.81. The zero-order chi connectivity index (χ0) is 9.82. The third-order valence-corrected chi connectivity index (χ3v) is 0.940. The Morgan fingerprint density at radius 1 is 1.08 bits per heavy atom. The maximum absolute atomic E-state index is 10.3. The van der Waals surface area contributed by atoms with Gasteiger partial charge in [0.15, 0.2) is 0 Å². The third-order valence-electron chi connectivity index (χ3n) is 0.940. The standard InChI is InChI=1S/C7H8.C2H5F.C2H6/c1-7-5-3-2-4-6-7;1-2-3;1-2/h2-6H,1H3;2H2,1H3;1-2H3. The van der Waals surface area contributed by atoms with Gasteiger partial charge < -0.3 is 0 Å². The fourth-order valence-corrected chi connectivity index (χ4v) is 0.534. The van der Waals surface area contributed by atoms with Crippen LogP contribution in [0.25, 0.3) is 0 Å². The molecule has 0 heterocycles. The number of rotatable bonds is 0. The second-order valence-electron chi connectivity index (χ2n) is 1.92. The van der Waals surface area contributed by atoms with E-state index in [0.717, 1.165) is 0 Å². The minimum Gasteiger partial charge on any atom is -0.251 e. The lowest BCUT2D eigenvalue weighted by Gasteiger charge is -1.82. The summed E-state index contributed by atoms with van der Waals surface area (Å²) in [4.78, 5) is 0. The summed E-state index contributed by atoms with van der Waals surface area (Å²) < 4.78 is 10.3. The molecule has 0 unspecified atom stereocenters. The van der Waals surface area contributed by atoms with Gasteiger partial charge in [-0.15, -0.1) is 0 Å². The van der Waals surface area contributed by atoms with Gasteiger partial charge in [-0.2, -0.15) is 0 Å². The molecule has 0 nitrogen and oxygen atoms in total. The Kier molecular flexibility index (Phi) is 14.6. The maximum atomic E-state index is 10.3. The van der Waals surface area contributed by atoms with E-state index in [4.69, 9.17) is 0 Å². The summed E-state index contributed by atoms with van der Waals surface area (Å²) in [5.41, 5.74) is 1.32. The highest BCUT2D eigenvalue weighted by Gasteiger charge is 1.72. The molecule has 0 saturated heterocycles. The Morgan fingerprint density at radius 2 is 1.42 bits per heavy atom. The van der Waals surface area contributed by atoms with Crippen molar-refractivity contribution in [1.29, 1.82) is 0 Å². The smallest absolute Gasteiger partial charge is 0.0866 e. The Bertz CT molecular complexity index is 146. The molecule has 0 saturated carbocycles. The van der Waals surface area contributed by atoms with Crippen LogP contribution in [0.4, 0.5) is 4.39 Å². The average molecular weight is 170 g/mol. The molecule has 0 amide bonds. The summed E-state index contributed by atoms with van der Waals surface area (Å²) in [6.07, 6.45) is 0. The lowest BCUT2D eigenvalue weighted by Crippen LogP contribution is -1.62.